The van der Waals surface area contributed by atoms with Crippen molar-refractivity contribution in [2.75, 3.05) is 11.9 Å². The number of aromatic nitrogens is 1. The first-order chi connectivity index (χ1) is 13.9. The van der Waals surface area contributed by atoms with Gasteiger partial charge in [0.25, 0.3) is 5.91 Å². The number of primary amides is 1. The lowest BCUT2D eigenvalue weighted by Crippen LogP contribution is -2.37. The van der Waals surface area contributed by atoms with E-state index in [0.29, 0.717) is 29.5 Å². The van der Waals surface area contributed by atoms with Crippen LogP contribution in [-0.4, -0.2) is 23.8 Å². The summed E-state index contributed by atoms with van der Waals surface area (Å²) in [6, 6.07) is 17.4. The number of anilines is 1. The number of carbonyl (C=O) groups excluding carboxylic acids is 2. The van der Waals surface area contributed by atoms with Crippen LogP contribution in [0.1, 0.15) is 28.9 Å². The van der Waals surface area contributed by atoms with E-state index in [4.69, 9.17) is 5.73 Å². The van der Waals surface area contributed by atoms with Crippen molar-refractivity contribution < 1.29 is 14.0 Å². The van der Waals surface area contributed by atoms with Crippen LogP contribution in [0.2, 0.25) is 0 Å². The van der Waals surface area contributed by atoms with Gasteiger partial charge in [0.1, 0.15) is 11.5 Å². The zero-order chi connectivity index (χ0) is 20.6. The Morgan fingerprint density at radius 1 is 1.03 bits per heavy atom. The molecule has 0 bridgehead atoms. The molecule has 146 valence electrons. The number of amides is 2. The molecule has 29 heavy (non-hydrogen) atoms. The summed E-state index contributed by atoms with van der Waals surface area (Å²) in [6.07, 6.45) is 2.72. The Hall–Kier alpha value is -3.54. The van der Waals surface area contributed by atoms with Gasteiger partial charge in [-0.1, -0.05) is 36.4 Å². The van der Waals surface area contributed by atoms with Crippen LogP contribution in [0, 0.1) is 5.82 Å². The molecule has 0 unspecified atom stereocenters. The molecule has 0 aliphatic heterocycles. The van der Waals surface area contributed by atoms with Gasteiger partial charge in [-0.3, -0.25) is 14.6 Å². The van der Waals surface area contributed by atoms with Gasteiger partial charge in [-0.15, -0.1) is 0 Å². The number of hydrogen-bond donors (Lipinski definition) is 1. The zero-order valence-corrected chi connectivity index (χ0v) is 15.9. The molecule has 0 radical (unpaired) electrons. The maximum atomic E-state index is 15.0. The maximum Gasteiger partial charge on any atom is 0.267 e. The number of para-hydroxylation sites is 1. The lowest BCUT2D eigenvalue weighted by atomic mass is 9.91. The fourth-order valence-electron chi connectivity index (χ4n) is 3.61. The predicted octanol–water partition coefficient (Wildman–Crippen LogP) is 3.68. The number of rotatable bonds is 5. The second-order valence-corrected chi connectivity index (χ2v) is 7.27. The molecule has 6 heteroatoms. The normalized spacial score (nSPS) is 14.3. The first-order valence-electron chi connectivity index (χ1n) is 9.32. The highest BCUT2D eigenvalue weighted by atomic mass is 19.1. The van der Waals surface area contributed by atoms with E-state index in [2.05, 4.69) is 4.98 Å². The van der Waals surface area contributed by atoms with Crippen LogP contribution in [0.3, 0.4) is 0 Å². The average Bonchev–Trinajstić information content (AvgIpc) is 3.55. The van der Waals surface area contributed by atoms with Crippen molar-refractivity contribution >= 4 is 17.5 Å². The number of hydrogen-bond acceptors (Lipinski definition) is 3. The number of nitrogens with two attached hydrogens (primary N) is 1. The molecule has 4 rings (SSSR count). The number of carbonyl (C=O) groups is 2. The summed E-state index contributed by atoms with van der Waals surface area (Å²) in [5.74, 6) is -1.15. The van der Waals surface area contributed by atoms with Gasteiger partial charge in [-0.2, -0.15) is 0 Å². The summed E-state index contributed by atoms with van der Waals surface area (Å²) >= 11 is 0. The van der Waals surface area contributed by atoms with Gasteiger partial charge in [-0.05, 0) is 42.7 Å². The Morgan fingerprint density at radius 3 is 2.28 bits per heavy atom. The summed E-state index contributed by atoms with van der Waals surface area (Å²) in [5.41, 5.74) is 7.01. The third kappa shape index (κ3) is 3.38. The van der Waals surface area contributed by atoms with E-state index >= 15 is 4.39 Å². The molecule has 0 atom stereocenters. The quantitative estimate of drug-likeness (QED) is 0.723. The molecule has 1 saturated carbocycles. The van der Waals surface area contributed by atoms with E-state index in [0.717, 1.165) is 5.69 Å². The van der Waals surface area contributed by atoms with Gasteiger partial charge < -0.3 is 10.6 Å². The van der Waals surface area contributed by atoms with Crippen molar-refractivity contribution in [2.24, 2.45) is 5.73 Å². The van der Waals surface area contributed by atoms with E-state index in [1.54, 1.807) is 30.1 Å². The van der Waals surface area contributed by atoms with Gasteiger partial charge in [0.15, 0.2) is 0 Å². The Labute approximate surface area is 168 Å². The lowest BCUT2D eigenvalue weighted by Gasteiger charge is -2.24. The topological polar surface area (TPSA) is 76.3 Å². The minimum atomic E-state index is -0.818. The fourth-order valence-corrected chi connectivity index (χ4v) is 3.61. The molecule has 1 heterocycles. The number of nitrogens with zero attached hydrogens (tertiary/aromatic N) is 2. The minimum Gasteiger partial charge on any atom is -0.364 e. The fraction of sp³-hybridized carbons (Fsp3) is 0.174. The molecule has 2 aromatic carbocycles. The lowest BCUT2D eigenvalue weighted by molar-refractivity contribution is -0.120. The maximum absolute atomic E-state index is 15.0. The molecule has 1 aliphatic carbocycles. The minimum absolute atomic E-state index is 0.108. The highest BCUT2D eigenvalue weighted by Crippen LogP contribution is 2.51. The number of halogens is 1. The van der Waals surface area contributed by atoms with Crippen LogP contribution < -0.4 is 10.6 Å². The van der Waals surface area contributed by atoms with Crippen LogP contribution in [-0.2, 0) is 10.2 Å². The molecule has 2 amide bonds. The molecule has 1 aromatic heterocycles. The first-order valence-corrected chi connectivity index (χ1v) is 9.32. The summed E-state index contributed by atoms with van der Waals surface area (Å²) < 4.78 is 15.0. The summed E-state index contributed by atoms with van der Waals surface area (Å²) in [5, 5.41) is 0. The van der Waals surface area contributed by atoms with E-state index in [9.17, 15) is 9.59 Å². The highest BCUT2D eigenvalue weighted by molar-refractivity contribution is 6.03. The van der Waals surface area contributed by atoms with Gasteiger partial charge in [-0.25, -0.2) is 4.39 Å². The smallest absolute Gasteiger partial charge is 0.267 e. The summed E-state index contributed by atoms with van der Waals surface area (Å²) in [6.45, 7) is 0. The molecule has 1 fully saturated rings. The van der Waals surface area contributed by atoms with Crippen molar-refractivity contribution in [2.45, 2.75) is 18.3 Å². The Morgan fingerprint density at radius 2 is 1.72 bits per heavy atom. The molecule has 3 aromatic rings. The highest BCUT2D eigenvalue weighted by Gasteiger charge is 2.54. The van der Waals surface area contributed by atoms with Gasteiger partial charge >= 0.3 is 0 Å². The molecule has 0 saturated heterocycles. The number of benzene rings is 2. The number of pyridine rings is 1. The predicted molar refractivity (Wildman–Crippen MR) is 109 cm³/mol. The third-order valence-corrected chi connectivity index (χ3v) is 5.44. The van der Waals surface area contributed by atoms with Crippen molar-refractivity contribution in [1.82, 2.24) is 4.98 Å². The molecule has 1 aliphatic rings. The van der Waals surface area contributed by atoms with Crippen LogP contribution >= 0.6 is 0 Å². The first kappa shape index (κ1) is 18.8. The van der Waals surface area contributed by atoms with E-state index in [1.807, 2.05) is 30.3 Å². The molecular formula is C23H20FN3O2. The number of likely N-dealkylation sites (N-methyl/N-ethyl adjacent to an activating group) is 1. The Balaban J connectivity index is 1.62. The largest absolute Gasteiger partial charge is 0.364 e. The Kier molecular flexibility index (Phi) is 4.62. The summed E-state index contributed by atoms with van der Waals surface area (Å²) in [7, 11) is 1.72. The van der Waals surface area contributed by atoms with E-state index in [-0.39, 0.29) is 11.6 Å². The van der Waals surface area contributed by atoms with Crippen molar-refractivity contribution in [3.05, 3.63) is 83.9 Å². The monoisotopic (exact) mass is 389 g/mol. The molecule has 2 N–H and O–H groups in total. The van der Waals surface area contributed by atoms with Crippen molar-refractivity contribution in [1.29, 1.82) is 0 Å². The van der Waals surface area contributed by atoms with Gasteiger partial charge in [0.2, 0.25) is 5.91 Å². The van der Waals surface area contributed by atoms with Crippen LogP contribution in [0.25, 0.3) is 11.1 Å². The van der Waals surface area contributed by atoms with Crippen LogP contribution in [0.15, 0.2) is 66.9 Å². The zero-order valence-electron chi connectivity index (χ0n) is 15.9. The molecule has 0 spiro atoms. The summed E-state index contributed by atoms with van der Waals surface area (Å²) in [4.78, 5) is 29.9. The van der Waals surface area contributed by atoms with Crippen LogP contribution in [0.5, 0.6) is 0 Å². The second-order valence-electron chi connectivity index (χ2n) is 7.27. The average molecular weight is 389 g/mol. The SMILES string of the molecule is CN(C(=O)C1(c2ccc(-c3ccc(C(N)=O)nc3)cc2F)CC1)c1ccccc1. The second kappa shape index (κ2) is 7.13. The van der Waals surface area contributed by atoms with Gasteiger partial charge in [0.05, 0.1) is 5.41 Å². The van der Waals surface area contributed by atoms with Crippen LogP contribution in [0.4, 0.5) is 10.1 Å². The molecular weight excluding hydrogens is 369 g/mol. The van der Waals surface area contributed by atoms with Gasteiger partial charge in [0, 0.05) is 30.1 Å². The molecule has 5 nitrogen and oxygen atoms in total. The van der Waals surface area contributed by atoms with E-state index < -0.39 is 17.1 Å². The standard InChI is InChI=1S/C23H20FN3O2/c1-27(17-5-3-2-4-6-17)22(29)23(11-12-23)18-9-7-15(13-19(18)24)16-8-10-20(21(25)28)26-14-16/h2-10,13-14H,11-12H2,1H3,(H2,25,28). The Bertz CT molecular complexity index is 1080. The van der Waals surface area contributed by atoms with Crippen molar-refractivity contribution in [3.8, 4) is 11.1 Å². The van der Waals surface area contributed by atoms with Crippen molar-refractivity contribution in [3.63, 3.8) is 0 Å². The third-order valence-electron chi connectivity index (χ3n) is 5.44. The van der Waals surface area contributed by atoms with E-state index in [1.165, 1.54) is 18.3 Å².